The van der Waals surface area contributed by atoms with Gasteiger partial charge in [0.05, 0.1) is 5.69 Å². The highest BCUT2D eigenvalue weighted by molar-refractivity contribution is 6.04. The maximum atomic E-state index is 2.43. The summed E-state index contributed by atoms with van der Waals surface area (Å²) in [6, 6.07) is 80.4. The molecule has 0 amide bonds. The summed E-state index contributed by atoms with van der Waals surface area (Å²) < 4.78 is 0. The highest BCUT2D eigenvalue weighted by atomic mass is 15.1. The first kappa shape index (κ1) is 33.1. The first-order valence-corrected chi connectivity index (χ1v) is 19.8. The third-order valence-electron chi connectivity index (χ3n) is 12.3. The number of hydrogen-bond acceptors (Lipinski definition) is 1. The molecule has 57 heavy (non-hydrogen) atoms. The van der Waals surface area contributed by atoms with Gasteiger partial charge in [-0.25, -0.2) is 0 Å². The molecule has 0 aliphatic heterocycles. The van der Waals surface area contributed by atoms with E-state index >= 15 is 0 Å². The van der Waals surface area contributed by atoms with Crippen LogP contribution in [0.2, 0.25) is 0 Å². The number of anilines is 3. The van der Waals surface area contributed by atoms with Crippen LogP contribution in [0.1, 0.15) is 23.6 Å². The van der Waals surface area contributed by atoms with Crippen LogP contribution in [0.15, 0.2) is 218 Å². The van der Waals surface area contributed by atoms with Gasteiger partial charge in [0, 0.05) is 22.2 Å². The van der Waals surface area contributed by atoms with E-state index in [0.717, 1.165) is 17.1 Å². The summed E-state index contributed by atoms with van der Waals surface area (Å²) in [5.41, 5.74) is 14.7. The van der Waals surface area contributed by atoms with E-state index in [1.54, 1.807) is 0 Å². The summed E-state index contributed by atoms with van der Waals surface area (Å²) in [7, 11) is 0. The Morgan fingerprint density at radius 3 is 1.79 bits per heavy atom. The van der Waals surface area contributed by atoms with Crippen LogP contribution in [0, 0.1) is 0 Å². The van der Waals surface area contributed by atoms with Gasteiger partial charge in [0.15, 0.2) is 0 Å². The van der Waals surface area contributed by atoms with Crippen LogP contribution in [0.5, 0.6) is 0 Å². The summed E-state index contributed by atoms with van der Waals surface area (Å²) in [5.74, 6) is 0. The smallest absolute Gasteiger partial charge is 0.0540 e. The third kappa shape index (κ3) is 5.31. The van der Waals surface area contributed by atoms with Gasteiger partial charge in [-0.1, -0.05) is 182 Å². The molecule has 1 aliphatic rings. The second-order valence-corrected chi connectivity index (χ2v) is 15.4. The van der Waals surface area contributed by atoms with E-state index in [2.05, 4.69) is 230 Å². The van der Waals surface area contributed by atoms with Gasteiger partial charge in [-0.3, -0.25) is 0 Å². The van der Waals surface area contributed by atoms with Crippen molar-refractivity contribution >= 4 is 49.4 Å². The van der Waals surface area contributed by atoms with Crippen molar-refractivity contribution in [3.05, 3.63) is 235 Å². The van der Waals surface area contributed by atoms with Crippen LogP contribution in [0.3, 0.4) is 0 Å². The molecule has 0 saturated carbocycles. The summed E-state index contributed by atoms with van der Waals surface area (Å²) in [5, 5.41) is 7.37. The molecule has 1 nitrogen and oxygen atoms in total. The van der Waals surface area contributed by atoms with Crippen LogP contribution in [-0.4, -0.2) is 0 Å². The number of fused-ring (bicyclic) bond motifs is 6. The fourth-order valence-corrected chi connectivity index (χ4v) is 9.49. The van der Waals surface area contributed by atoms with Crippen LogP contribution in [0.4, 0.5) is 17.1 Å². The van der Waals surface area contributed by atoms with Crippen LogP contribution < -0.4 is 4.90 Å². The second kappa shape index (κ2) is 13.2. The quantitative estimate of drug-likeness (QED) is 0.165. The van der Waals surface area contributed by atoms with Crippen LogP contribution in [-0.2, 0) is 5.41 Å². The molecule has 1 heteroatoms. The first-order valence-electron chi connectivity index (χ1n) is 19.8. The second-order valence-electron chi connectivity index (χ2n) is 15.4. The molecule has 0 spiro atoms. The lowest BCUT2D eigenvalue weighted by molar-refractivity contribution is 0.714. The average molecular weight is 726 g/mol. The average Bonchev–Trinajstić information content (AvgIpc) is 3.55. The zero-order valence-corrected chi connectivity index (χ0v) is 31.7. The first-order chi connectivity index (χ1) is 28.1. The van der Waals surface area contributed by atoms with Crippen molar-refractivity contribution in [2.75, 3.05) is 4.90 Å². The Morgan fingerprint density at radius 2 is 0.930 bits per heavy atom. The highest BCUT2D eigenvalue weighted by Gasteiger charge is 2.41. The fourth-order valence-electron chi connectivity index (χ4n) is 9.49. The molecule has 0 fully saturated rings. The monoisotopic (exact) mass is 725 g/mol. The van der Waals surface area contributed by atoms with Crippen LogP contribution in [0.25, 0.3) is 65.7 Å². The maximum Gasteiger partial charge on any atom is 0.0540 e. The van der Waals surface area contributed by atoms with Crippen LogP contribution >= 0.6 is 0 Å². The molecule has 0 N–H and O–H groups in total. The zero-order valence-electron chi connectivity index (χ0n) is 31.7. The minimum absolute atomic E-state index is 0.254. The van der Waals surface area contributed by atoms with E-state index in [1.165, 1.54) is 82.4 Å². The topological polar surface area (TPSA) is 3.24 Å². The SMILES string of the molecule is CC1(c2ccccc2)c2ccccc2-c2c(-c3ccc4cccc(N(c5ccc(-c6cccc7ccccc67)cc5)c5ccc6ccccc6c5)c4c3)cccc21. The summed E-state index contributed by atoms with van der Waals surface area (Å²) >= 11 is 0. The van der Waals surface area contributed by atoms with Gasteiger partial charge in [-0.05, 0) is 120 Å². The molecule has 1 aliphatic carbocycles. The lowest BCUT2D eigenvalue weighted by Crippen LogP contribution is -2.22. The van der Waals surface area contributed by atoms with Gasteiger partial charge in [0.1, 0.15) is 0 Å². The lowest BCUT2D eigenvalue weighted by atomic mass is 9.74. The Kier molecular flexibility index (Phi) is 7.69. The highest BCUT2D eigenvalue weighted by Crippen LogP contribution is 2.55. The molecule has 268 valence electrons. The number of nitrogens with zero attached hydrogens (tertiary/aromatic N) is 1. The van der Waals surface area contributed by atoms with Gasteiger partial charge in [-0.2, -0.15) is 0 Å². The number of benzene rings is 10. The number of rotatable bonds is 6. The van der Waals surface area contributed by atoms with E-state index in [9.17, 15) is 0 Å². The Bertz CT molecular complexity index is 3140. The van der Waals surface area contributed by atoms with Crippen molar-refractivity contribution in [3.63, 3.8) is 0 Å². The largest absolute Gasteiger partial charge is 0.310 e. The maximum absolute atomic E-state index is 2.43. The summed E-state index contributed by atoms with van der Waals surface area (Å²) in [4.78, 5) is 2.43. The lowest BCUT2D eigenvalue weighted by Gasteiger charge is -2.28. The summed E-state index contributed by atoms with van der Waals surface area (Å²) in [6.45, 7) is 2.39. The third-order valence-corrected chi connectivity index (χ3v) is 12.3. The molecule has 0 saturated heterocycles. The molecule has 0 heterocycles. The van der Waals surface area contributed by atoms with Crippen molar-refractivity contribution in [1.29, 1.82) is 0 Å². The normalized spacial score (nSPS) is 14.5. The molecule has 1 atom stereocenters. The Balaban J connectivity index is 1.10. The van der Waals surface area contributed by atoms with E-state index in [0.29, 0.717) is 0 Å². The van der Waals surface area contributed by atoms with Gasteiger partial charge in [-0.15, -0.1) is 0 Å². The van der Waals surface area contributed by atoms with Gasteiger partial charge in [0.2, 0.25) is 0 Å². The molecule has 0 aromatic heterocycles. The van der Waals surface area contributed by atoms with Crippen molar-refractivity contribution < 1.29 is 0 Å². The van der Waals surface area contributed by atoms with E-state index in [1.807, 2.05) is 0 Å². The molecular weight excluding hydrogens is 687 g/mol. The molecule has 0 bridgehead atoms. The van der Waals surface area contributed by atoms with E-state index in [4.69, 9.17) is 0 Å². The van der Waals surface area contributed by atoms with Crippen molar-refractivity contribution in [2.45, 2.75) is 12.3 Å². The van der Waals surface area contributed by atoms with Crippen molar-refractivity contribution in [3.8, 4) is 33.4 Å². The molecule has 10 aromatic carbocycles. The molecule has 11 rings (SSSR count). The predicted molar refractivity (Wildman–Crippen MR) is 242 cm³/mol. The van der Waals surface area contributed by atoms with Gasteiger partial charge < -0.3 is 4.90 Å². The van der Waals surface area contributed by atoms with E-state index in [-0.39, 0.29) is 5.41 Å². The van der Waals surface area contributed by atoms with Gasteiger partial charge in [0.25, 0.3) is 0 Å². The molecular formula is C56H39N. The predicted octanol–water partition coefficient (Wildman–Crippen LogP) is 15.3. The Morgan fingerprint density at radius 1 is 0.351 bits per heavy atom. The summed E-state index contributed by atoms with van der Waals surface area (Å²) in [6.07, 6.45) is 0. The molecule has 1 unspecified atom stereocenters. The minimum Gasteiger partial charge on any atom is -0.310 e. The van der Waals surface area contributed by atoms with Crippen molar-refractivity contribution in [2.24, 2.45) is 0 Å². The van der Waals surface area contributed by atoms with Crippen molar-refractivity contribution in [1.82, 2.24) is 0 Å². The number of hydrogen-bond donors (Lipinski definition) is 0. The molecule has 10 aromatic rings. The standard InChI is InChI=1S/C56H39N/c1-56(44-19-3-2-4-20-44)52-25-10-9-22-50(52)55-49(24-13-26-53(55)56)43-29-28-40-18-12-27-54(51(40)37-43)57(46-35-30-38-14-5-6-16-42(38)36-46)45-33-31-41(32-34-45)48-23-11-17-39-15-7-8-21-47(39)48/h2-37H,1H3. The zero-order chi connectivity index (χ0) is 37.9. The van der Waals surface area contributed by atoms with Gasteiger partial charge >= 0.3 is 0 Å². The minimum atomic E-state index is -0.254. The Labute approximate surface area is 333 Å². The Hall–Kier alpha value is -7.22. The molecule has 0 radical (unpaired) electrons. The van der Waals surface area contributed by atoms with E-state index < -0.39 is 0 Å². The fraction of sp³-hybridized carbons (Fsp3) is 0.0357.